The normalized spacial score (nSPS) is 23.5. The van der Waals surface area contributed by atoms with Crippen molar-refractivity contribution in [3.8, 4) is 0 Å². The van der Waals surface area contributed by atoms with E-state index in [2.05, 4.69) is 4.90 Å². The van der Waals surface area contributed by atoms with Crippen LogP contribution in [0.5, 0.6) is 0 Å². The molecule has 1 saturated heterocycles. The molecule has 1 fully saturated rings. The Labute approximate surface area is 98.6 Å². The van der Waals surface area contributed by atoms with E-state index in [0.29, 0.717) is 6.04 Å². The van der Waals surface area contributed by atoms with Crippen LogP contribution in [0, 0.1) is 0 Å². The van der Waals surface area contributed by atoms with Crippen LogP contribution in [0.1, 0.15) is 32.1 Å². The fourth-order valence-corrected chi connectivity index (χ4v) is 3.01. The molecule has 5 heteroatoms. The third-order valence-corrected chi connectivity index (χ3v) is 4.15. The van der Waals surface area contributed by atoms with E-state index in [1.165, 1.54) is 19.1 Å². The highest BCUT2D eigenvalue weighted by molar-refractivity contribution is 7.90. The van der Waals surface area contributed by atoms with Crippen molar-refractivity contribution in [1.29, 1.82) is 0 Å². The Bertz CT molecular complexity index is 290. The lowest BCUT2D eigenvalue weighted by atomic mass is 10.00. The Kier molecular flexibility index (Phi) is 5.72. The molecule has 1 heterocycles. The molecule has 1 aliphatic heterocycles. The maximum absolute atomic E-state index is 11.1. The number of nitrogens with zero attached hydrogens (tertiary/aromatic N) is 1. The van der Waals surface area contributed by atoms with Gasteiger partial charge in [-0.1, -0.05) is 6.42 Å². The highest BCUT2D eigenvalue weighted by Gasteiger charge is 2.22. The van der Waals surface area contributed by atoms with Gasteiger partial charge in [0, 0.05) is 25.4 Å². The minimum atomic E-state index is -2.84. The van der Waals surface area contributed by atoms with E-state index in [0.717, 1.165) is 32.4 Å². The molecule has 1 N–H and O–H groups in total. The average molecular weight is 249 g/mol. The minimum absolute atomic E-state index is 0.218. The molecular weight excluding hydrogens is 226 g/mol. The van der Waals surface area contributed by atoms with E-state index in [4.69, 9.17) is 5.11 Å². The zero-order chi connectivity index (χ0) is 12.0. The molecule has 0 bridgehead atoms. The van der Waals surface area contributed by atoms with E-state index in [1.54, 1.807) is 0 Å². The number of likely N-dealkylation sites (tertiary alicyclic amines) is 1. The number of sulfone groups is 1. The number of piperidine rings is 1. The van der Waals surface area contributed by atoms with Crippen LogP contribution in [-0.2, 0) is 9.84 Å². The summed E-state index contributed by atoms with van der Waals surface area (Å²) in [6.07, 6.45) is 6.32. The van der Waals surface area contributed by atoms with E-state index in [-0.39, 0.29) is 12.4 Å². The highest BCUT2D eigenvalue weighted by atomic mass is 32.2. The number of rotatable bonds is 6. The van der Waals surface area contributed by atoms with Crippen LogP contribution in [0.15, 0.2) is 0 Å². The molecule has 1 rings (SSSR count). The molecule has 0 aromatic heterocycles. The van der Waals surface area contributed by atoms with Gasteiger partial charge in [-0.15, -0.1) is 0 Å². The van der Waals surface area contributed by atoms with Crippen molar-refractivity contribution in [1.82, 2.24) is 4.90 Å². The second-order valence-electron chi connectivity index (χ2n) is 4.68. The van der Waals surface area contributed by atoms with Crippen LogP contribution in [-0.4, -0.2) is 56.2 Å². The van der Waals surface area contributed by atoms with Crippen molar-refractivity contribution < 1.29 is 13.5 Å². The van der Waals surface area contributed by atoms with Crippen LogP contribution < -0.4 is 0 Å². The van der Waals surface area contributed by atoms with Crippen LogP contribution >= 0.6 is 0 Å². The summed E-state index contributed by atoms with van der Waals surface area (Å²) >= 11 is 0. The second kappa shape index (κ2) is 6.57. The highest BCUT2D eigenvalue weighted by Crippen LogP contribution is 2.20. The van der Waals surface area contributed by atoms with Gasteiger partial charge in [0.25, 0.3) is 0 Å². The Morgan fingerprint density at radius 2 is 2.12 bits per heavy atom. The second-order valence-corrected chi connectivity index (χ2v) is 6.94. The molecule has 16 heavy (non-hydrogen) atoms. The topological polar surface area (TPSA) is 57.6 Å². The van der Waals surface area contributed by atoms with Gasteiger partial charge in [0.05, 0.1) is 5.75 Å². The van der Waals surface area contributed by atoms with Gasteiger partial charge < -0.3 is 10.0 Å². The predicted octanol–water partition coefficient (Wildman–Crippen LogP) is 0.658. The number of aliphatic hydroxyl groups is 1. The first-order valence-electron chi connectivity index (χ1n) is 6.05. The summed E-state index contributed by atoms with van der Waals surface area (Å²) in [6.45, 7) is 2.16. The number of hydrogen-bond donors (Lipinski definition) is 1. The molecule has 1 aliphatic rings. The Morgan fingerprint density at radius 3 is 2.75 bits per heavy atom. The van der Waals surface area contributed by atoms with Gasteiger partial charge in [-0.25, -0.2) is 8.42 Å². The molecule has 96 valence electrons. The molecule has 0 aliphatic carbocycles. The summed E-state index contributed by atoms with van der Waals surface area (Å²) < 4.78 is 22.3. The third kappa shape index (κ3) is 5.27. The number of hydrogen-bond acceptors (Lipinski definition) is 4. The quantitative estimate of drug-likeness (QED) is 0.751. The van der Waals surface area contributed by atoms with Crippen molar-refractivity contribution in [3.05, 3.63) is 0 Å². The Balaban J connectivity index is 2.40. The molecule has 0 aromatic carbocycles. The summed E-state index contributed by atoms with van der Waals surface area (Å²) in [6, 6.07) is 0.398. The predicted molar refractivity (Wildman–Crippen MR) is 65.2 cm³/mol. The van der Waals surface area contributed by atoms with E-state index in [9.17, 15) is 8.42 Å². The monoisotopic (exact) mass is 249 g/mol. The summed E-state index contributed by atoms with van der Waals surface area (Å²) in [5.74, 6) is 0.285. The SMILES string of the molecule is CS(=O)(=O)CCC1CCCCN1CCCO. The summed E-state index contributed by atoms with van der Waals surface area (Å²) in [5.41, 5.74) is 0. The molecule has 0 aromatic rings. The van der Waals surface area contributed by atoms with Crippen LogP contribution in [0.2, 0.25) is 0 Å². The Morgan fingerprint density at radius 1 is 1.38 bits per heavy atom. The third-order valence-electron chi connectivity index (χ3n) is 3.17. The number of aliphatic hydroxyl groups excluding tert-OH is 1. The largest absolute Gasteiger partial charge is 0.396 e. The van der Waals surface area contributed by atoms with Crippen molar-refractivity contribution >= 4 is 9.84 Å². The first-order valence-corrected chi connectivity index (χ1v) is 8.11. The van der Waals surface area contributed by atoms with Crippen molar-refractivity contribution in [3.63, 3.8) is 0 Å². The molecule has 4 nitrogen and oxygen atoms in total. The van der Waals surface area contributed by atoms with E-state index < -0.39 is 9.84 Å². The maximum atomic E-state index is 11.1. The van der Waals surface area contributed by atoms with Gasteiger partial charge in [-0.2, -0.15) is 0 Å². The van der Waals surface area contributed by atoms with Crippen LogP contribution in [0.3, 0.4) is 0 Å². The van der Waals surface area contributed by atoms with Gasteiger partial charge in [-0.05, 0) is 32.2 Å². The van der Waals surface area contributed by atoms with Crippen LogP contribution in [0.4, 0.5) is 0 Å². The van der Waals surface area contributed by atoms with Gasteiger partial charge >= 0.3 is 0 Å². The lowest BCUT2D eigenvalue weighted by molar-refractivity contribution is 0.132. The Hall–Kier alpha value is -0.130. The first-order chi connectivity index (χ1) is 7.53. The fraction of sp³-hybridized carbons (Fsp3) is 1.00. The van der Waals surface area contributed by atoms with Gasteiger partial charge in [0.2, 0.25) is 0 Å². The smallest absolute Gasteiger partial charge is 0.147 e. The lowest BCUT2D eigenvalue weighted by Gasteiger charge is -2.35. The van der Waals surface area contributed by atoms with Crippen LogP contribution in [0.25, 0.3) is 0 Å². The molecular formula is C11H23NO3S. The minimum Gasteiger partial charge on any atom is -0.396 e. The van der Waals surface area contributed by atoms with Crippen molar-refractivity contribution in [2.24, 2.45) is 0 Å². The average Bonchev–Trinajstić information content (AvgIpc) is 2.23. The van der Waals surface area contributed by atoms with Crippen molar-refractivity contribution in [2.75, 3.05) is 31.7 Å². The molecule has 0 saturated carbocycles. The standard InChI is InChI=1S/C11H23NO3S/c1-16(14,15)10-6-11-5-2-3-7-12(11)8-4-9-13/h11,13H,2-10H2,1H3. The van der Waals surface area contributed by atoms with Gasteiger partial charge in [0.1, 0.15) is 9.84 Å². The van der Waals surface area contributed by atoms with E-state index in [1.807, 2.05) is 0 Å². The fourth-order valence-electron chi connectivity index (χ4n) is 2.31. The summed E-state index contributed by atoms with van der Waals surface area (Å²) in [7, 11) is -2.84. The molecule has 0 radical (unpaired) electrons. The summed E-state index contributed by atoms with van der Waals surface area (Å²) in [4.78, 5) is 2.34. The summed E-state index contributed by atoms with van der Waals surface area (Å²) in [5, 5.41) is 8.82. The van der Waals surface area contributed by atoms with Gasteiger partial charge in [-0.3, -0.25) is 0 Å². The zero-order valence-corrected chi connectivity index (χ0v) is 10.9. The van der Waals surface area contributed by atoms with Crippen molar-refractivity contribution in [2.45, 2.75) is 38.1 Å². The first kappa shape index (κ1) is 13.9. The molecule has 0 spiro atoms. The molecule has 1 unspecified atom stereocenters. The van der Waals surface area contributed by atoms with E-state index >= 15 is 0 Å². The molecule has 0 amide bonds. The lowest BCUT2D eigenvalue weighted by Crippen LogP contribution is -2.41. The maximum Gasteiger partial charge on any atom is 0.147 e. The zero-order valence-electron chi connectivity index (χ0n) is 10.1. The molecule has 1 atom stereocenters. The van der Waals surface area contributed by atoms with Gasteiger partial charge in [0.15, 0.2) is 0 Å².